The summed E-state index contributed by atoms with van der Waals surface area (Å²) in [5.41, 5.74) is 0. The van der Waals surface area contributed by atoms with Crippen LogP contribution in [-0.4, -0.2) is 44.0 Å². The van der Waals surface area contributed by atoms with Gasteiger partial charge in [0.05, 0.1) is 18.8 Å². The van der Waals surface area contributed by atoms with Crippen LogP contribution in [0.1, 0.15) is 0 Å². The van der Waals surface area contributed by atoms with E-state index in [1.165, 1.54) is 0 Å². The van der Waals surface area contributed by atoms with Crippen LogP contribution in [0, 0.1) is 0 Å². The zero-order chi connectivity index (χ0) is 16.2. The third-order valence-corrected chi connectivity index (χ3v) is 2.76. The van der Waals surface area contributed by atoms with Crippen molar-refractivity contribution < 1.29 is 56.8 Å². The van der Waals surface area contributed by atoms with Crippen LogP contribution in [0.2, 0.25) is 0 Å². The second kappa shape index (κ2) is 6.73. The first kappa shape index (κ1) is 19.8. The Morgan fingerprint density at radius 3 is 0.950 bits per heavy atom. The van der Waals surface area contributed by atoms with Crippen molar-refractivity contribution in [1.82, 2.24) is 0 Å². The third-order valence-electron chi connectivity index (χ3n) is 0.736. The summed E-state index contributed by atoms with van der Waals surface area (Å²) in [5, 5.41) is 0. The van der Waals surface area contributed by atoms with E-state index in [-0.39, 0.29) is 0 Å². The van der Waals surface area contributed by atoms with Crippen molar-refractivity contribution in [3.05, 3.63) is 0 Å². The third kappa shape index (κ3) is 11.6. The van der Waals surface area contributed by atoms with Gasteiger partial charge in [-0.25, -0.2) is 4.57 Å². The Morgan fingerprint density at radius 1 is 0.600 bits per heavy atom. The number of hydrogen-bond acceptors (Lipinski definition) is 13. The Labute approximate surface area is 114 Å². The van der Waals surface area contributed by atoms with Crippen molar-refractivity contribution >= 4 is 38.2 Å². The van der Waals surface area contributed by atoms with Crippen LogP contribution in [0.4, 0.5) is 0 Å². The molecule has 0 aromatic heterocycles. The van der Waals surface area contributed by atoms with Gasteiger partial charge in [-0.05, 0) is 0 Å². The van der Waals surface area contributed by atoms with E-state index in [0.29, 0.717) is 18.8 Å². The summed E-state index contributed by atoms with van der Waals surface area (Å²) in [4.78, 5) is 0. The van der Waals surface area contributed by atoms with Crippen molar-refractivity contribution in [2.24, 2.45) is 0 Å². The first-order valence-corrected chi connectivity index (χ1v) is 10.9. The van der Waals surface area contributed by atoms with E-state index >= 15 is 0 Å². The van der Waals surface area contributed by atoms with Gasteiger partial charge >= 0.3 is 7.82 Å². The monoisotopic (exact) mass is 380 g/mol. The van der Waals surface area contributed by atoms with Crippen LogP contribution >= 0.6 is 7.82 Å². The van der Waals surface area contributed by atoms with Crippen molar-refractivity contribution in [3.8, 4) is 0 Å². The van der Waals surface area contributed by atoms with E-state index < -0.39 is 38.2 Å². The van der Waals surface area contributed by atoms with E-state index in [4.69, 9.17) is 0 Å². The SMILES string of the molecule is CS(=O)(=O)OOP(=O)(OOS(C)(=O)=O)OOS(C)(=O)=O. The zero-order valence-corrected chi connectivity index (χ0v) is 13.3. The highest BCUT2D eigenvalue weighted by Gasteiger charge is 2.37. The molecule has 17 heteroatoms. The molecular weight excluding hydrogens is 371 g/mol. The largest absolute Gasteiger partial charge is 0.559 e. The second-order valence-electron chi connectivity index (χ2n) is 2.99. The molecule has 0 aromatic rings. The summed E-state index contributed by atoms with van der Waals surface area (Å²) in [6.45, 7) is 0. The van der Waals surface area contributed by atoms with Crippen LogP contribution in [0.5, 0.6) is 0 Å². The number of rotatable bonds is 9. The summed E-state index contributed by atoms with van der Waals surface area (Å²) in [5.74, 6) is 0. The normalized spacial score (nSPS) is 14.3. The highest BCUT2D eigenvalue weighted by molar-refractivity contribution is 7.86. The lowest BCUT2D eigenvalue weighted by Crippen LogP contribution is -2.11. The van der Waals surface area contributed by atoms with E-state index in [9.17, 15) is 29.8 Å². The molecule has 0 aliphatic carbocycles. The molecule has 0 radical (unpaired) electrons. The maximum atomic E-state index is 11.5. The maximum Gasteiger partial charge on any atom is 0.559 e. The Morgan fingerprint density at radius 2 is 0.800 bits per heavy atom. The molecule has 0 aromatic carbocycles. The van der Waals surface area contributed by atoms with E-state index in [0.717, 1.165) is 0 Å². The predicted molar refractivity (Wildman–Crippen MR) is 58.6 cm³/mol. The second-order valence-corrected chi connectivity index (χ2v) is 8.96. The molecule has 0 saturated heterocycles. The van der Waals surface area contributed by atoms with Crippen LogP contribution in [0.25, 0.3) is 0 Å². The first-order valence-electron chi connectivity index (χ1n) is 3.96. The van der Waals surface area contributed by atoms with Gasteiger partial charge in [-0.3, -0.25) is 0 Å². The fourth-order valence-electron chi connectivity index (χ4n) is 0.315. The van der Waals surface area contributed by atoms with Crippen LogP contribution < -0.4 is 0 Å². The lowest BCUT2D eigenvalue weighted by atomic mass is 12.0. The van der Waals surface area contributed by atoms with Gasteiger partial charge in [0.2, 0.25) is 0 Å². The smallest absolute Gasteiger partial charge is 0.220 e. The fraction of sp³-hybridized carbons (Fsp3) is 1.00. The highest BCUT2D eigenvalue weighted by Crippen LogP contribution is 2.51. The van der Waals surface area contributed by atoms with Gasteiger partial charge in [0.1, 0.15) is 0 Å². The first-order chi connectivity index (χ1) is 8.62. The minimum absolute atomic E-state index is 0.451. The Hall–Kier alpha value is -0.160. The molecule has 0 fully saturated rings. The Kier molecular flexibility index (Phi) is 6.68. The topological polar surface area (TPSA) is 175 Å². The molecule has 0 N–H and O–H groups in total. The molecule has 0 unspecified atom stereocenters. The standard InChI is InChI=1S/C3H9O13PS3/c1-18(5,6)14-11-17(4,12-15-19(2,7)8)13-16-20(3,9)10/h1-3H3. The molecule has 0 atom stereocenters. The van der Waals surface area contributed by atoms with E-state index in [1.807, 2.05) is 0 Å². The van der Waals surface area contributed by atoms with Gasteiger partial charge in [0, 0.05) is 0 Å². The molecule has 0 saturated carbocycles. The van der Waals surface area contributed by atoms with Crippen molar-refractivity contribution in [3.63, 3.8) is 0 Å². The van der Waals surface area contributed by atoms with E-state index in [2.05, 4.69) is 27.0 Å². The van der Waals surface area contributed by atoms with Crippen molar-refractivity contribution in [2.45, 2.75) is 0 Å². The summed E-state index contributed by atoms with van der Waals surface area (Å²) in [7, 11) is -18.3. The molecule has 0 aliphatic rings. The van der Waals surface area contributed by atoms with Gasteiger partial charge in [0.25, 0.3) is 30.4 Å². The molecule has 20 heavy (non-hydrogen) atoms. The predicted octanol–water partition coefficient (Wildman–Crippen LogP) is -1.18. The Bertz CT molecular complexity index is 573. The zero-order valence-electron chi connectivity index (χ0n) is 9.98. The molecule has 0 aliphatic heterocycles. The average molecular weight is 380 g/mol. The molecule has 122 valence electrons. The summed E-state index contributed by atoms with van der Waals surface area (Å²) in [6, 6.07) is 0. The lowest BCUT2D eigenvalue weighted by molar-refractivity contribution is -0.232. The van der Waals surface area contributed by atoms with Crippen LogP contribution in [-0.2, 0) is 61.9 Å². The summed E-state index contributed by atoms with van der Waals surface area (Å²) in [6.07, 6.45) is 1.35. The van der Waals surface area contributed by atoms with Crippen LogP contribution in [0.3, 0.4) is 0 Å². The van der Waals surface area contributed by atoms with Gasteiger partial charge in [-0.15, -0.1) is 14.0 Å². The van der Waals surface area contributed by atoms with Gasteiger partial charge < -0.3 is 0 Å². The summed E-state index contributed by atoms with van der Waals surface area (Å²) < 4.78 is 96.5. The van der Waals surface area contributed by atoms with Crippen LogP contribution in [0.15, 0.2) is 0 Å². The van der Waals surface area contributed by atoms with Gasteiger partial charge in [-0.2, -0.15) is 25.3 Å². The molecule has 0 rings (SSSR count). The molecule has 0 heterocycles. The molecule has 0 spiro atoms. The van der Waals surface area contributed by atoms with Gasteiger partial charge in [-0.1, -0.05) is 13.0 Å². The highest BCUT2D eigenvalue weighted by atomic mass is 32.2. The average Bonchev–Trinajstić information content (AvgIpc) is 2.18. The minimum Gasteiger partial charge on any atom is -0.220 e. The summed E-state index contributed by atoms with van der Waals surface area (Å²) >= 11 is 0. The maximum absolute atomic E-state index is 11.5. The molecule has 0 amide bonds. The van der Waals surface area contributed by atoms with Crippen molar-refractivity contribution in [2.75, 3.05) is 18.8 Å². The number of phosphoric acid groups is 1. The molecule has 13 nitrogen and oxygen atoms in total. The van der Waals surface area contributed by atoms with E-state index in [1.54, 1.807) is 0 Å². The minimum atomic E-state index is -5.31. The quantitative estimate of drug-likeness (QED) is 0.265. The Balaban J connectivity index is 4.97. The number of hydrogen-bond donors (Lipinski definition) is 0. The lowest BCUT2D eigenvalue weighted by Gasteiger charge is -2.11. The fourth-order valence-corrected chi connectivity index (χ4v) is 2.61. The van der Waals surface area contributed by atoms with Gasteiger partial charge in [0.15, 0.2) is 0 Å². The molecular formula is C3H9O13PS3. The molecule has 0 bridgehead atoms. The van der Waals surface area contributed by atoms with Crippen molar-refractivity contribution in [1.29, 1.82) is 0 Å².